The van der Waals surface area contributed by atoms with E-state index >= 15 is 0 Å². The van der Waals surface area contributed by atoms with E-state index in [0.717, 1.165) is 22.0 Å². The number of aryl methyl sites for hydroxylation is 2. The summed E-state index contributed by atoms with van der Waals surface area (Å²) in [5.74, 6) is 0. The van der Waals surface area contributed by atoms with Crippen LogP contribution in [0.4, 0.5) is 0 Å². The van der Waals surface area contributed by atoms with E-state index in [1.165, 1.54) is 28.6 Å². The summed E-state index contributed by atoms with van der Waals surface area (Å²) in [6.07, 6.45) is -0.421. The number of aromatic nitrogens is 1. The van der Waals surface area contributed by atoms with Crippen molar-refractivity contribution in [2.24, 2.45) is 0 Å². The van der Waals surface area contributed by atoms with Crippen LogP contribution < -0.4 is 5.56 Å². The molecule has 0 spiro atoms. The van der Waals surface area contributed by atoms with Gasteiger partial charge in [-0.25, -0.2) is 8.42 Å². The third-order valence-electron chi connectivity index (χ3n) is 5.63. The first kappa shape index (κ1) is 22.9. The number of fused-ring (bicyclic) bond motifs is 1. The fraction of sp³-hybridized carbons (Fsp3) is 0.348. The number of aromatic amines is 1. The normalized spacial score (nSPS) is 17.2. The Morgan fingerprint density at radius 3 is 2.50 bits per heavy atom. The number of hydrogen-bond donors (Lipinski definition) is 1. The van der Waals surface area contributed by atoms with E-state index in [1.807, 2.05) is 26.0 Å². The molecule has 9 heteroatoms. The van der Waals surface area contributed by atoms with Gasteiger partial charge in [-0.1, -0.05) is 11.6 Å². The number of nitrogens with zero attached hydrogens (tertiary/aromatic N) is 1. The molecule has 2 heterocycles. The zero-order chi connectivity index (χ0) is 22.9. The van der Waals surface area contributed by atoms with E-state index in [4.69, 9.17) is 21.1 Å². The molecule has 7 nitrogen and oxygen atoms in total. The molecule has 1 N–H and O–H groups in total. The second-order valence-electron chi connectivity index (χ2n) is 7.97. The zero-order valence-corrected chi connectivity index (χ0v) is 19.5. The van der Waals surface area contributed by atoms with E-state index in [0.29, 0.717) is 30.4 Å². The van der Waals surface area contributed by atoms with Crippen molar-refractivity contribution in [3.8, 4) is 0 Å². The third-order valence-corrected chi connectivity index (χ3v) is 7.70. The molecule has 1 fully saturated rings. The average Bonchev–Trinajstić information content (AvgIpc) is 2.76. The van der Waals surface area contributed by atoms with Crippen molar-refractivity contribution in [1.29, 1.82) is 0 Å². The Hall–Kier alpha value is -2.23. The van der Waals surface area contributed by atoms with Gasteiger partial charge in [-0.05, 0) is 72.8 Å². The minimum absolute atomic E-state index is 0.0648. The van der Waals surface area contributed by atoms with Gasteiger partial charge in [-0.3, -0.25) is 4.79 Å². The van der Waals surface area contributed by atoms with E-state index in [2.05, 4.69) is 4.98 Å². The highest BCUT2D eigenvalue weighted by molar-refractivity contribution is 7.89. The molecule has 32 heavy (non-hydrogen) atoms. The van der Waals surface area contributed by atoms with Crippen LogP contribution in [0.5, 0.6) is 0 Å². The van der Waals surface area contributed by atoms with Gasteiger partial charge in [0.15, 0.2) is 0 Å². The van der Waals surface area contributed by atoms with Crippen LogP contribution in [0.2, 0.25) is 5.02 Å². The van der Waals surface area contributed by atoms with Crippen molar-refractivity contribution in [3.63, 3.8) is 0 Å². The van der Waals surface area contributed by atoms with Crippen LogP contribution >= 0.6 is 11.6 Å². The molecule has 0 radical (unpaired) electrons. The zero-order valence-electron chi connectivity index (χ0n) is 17.9. The molecular formula is C23H25ClN2O5S. The Morgan fingerprint density at radius 2 is 1.81 bits per heavy atom. The second kappa shape index (κ2) is 9.33. The summed E-state index contributed by atoms with van der Waals surface area (Å²) >= 11 is 5.94. The molecule has 170 valence electrons. The van der Waals surface area contributed by atoms with Crippen molar-refractivity contribution in [2.45, 2.75) is 31.4 Å². The Kier molecular flexibility index (Phi) is 6.69. The van der Waals surface area contributed by atoms with Gasteiger partial charge in [0.2, 0.25) is 10.0 Å². The minimum Gasteiger partial charge on any atom is -0.376 e. The number of rotatable bonds is 6. The summed E-state index contributed by atoms with van der Waals surface area (Å²) in [6, 6.07) is 11.6. The molecule has 1 aliphatic rings. The van der Waals surface area contributed by atoms with Crippen molar-refractivity contribution < 1.29 is 17.9 Å². The quantitative estimate of drug-likeness (QED) is 0.589. The Bertz CT molecular complexity index is 1280. The SMILES string of the molecule is Cc1cc2cc(CN(C[C@H]3COCCO3)S(=O)(=O)c3ccc(Cl)cc3)c(=O)[nH]c2cc1C. The number of nitrogens with one attached hydrogen (secondary N) is 1. The first-order chi connectivity index (χ1) is 15.2. The van der Waals surface area contributed by atoms with Gasteiger partial charge in [0, 0.05) is 29.2 Å². The van der Waals surface area contributed by atoms with Gasteiger partial charge in [0.1, 0.15) is 0 Å². The standard InChI is InChI=1S/C23H25ClN2O5S/c1-15-9-17-11-18(23(27)25-22(17)10-16(15)2)12-26(13-20-14-30-7-8-31-20)32(28,29)21-5-3-19(24)4-6-21/h3-6,9-11,20H,7-8,12-14H2,1-2H3,(H,25,27)/t20-/m0/s1. The molecule has 1 aliphatic heterocycles. The van der Waals surface area contributed by atoms with Crippen LogP contribution in [-0.4, -0.2) is 50.2 Å². The van der Waals surface area contributed by atoms with Gasteiger partial charge in [0.25, 0.3) is 5.56 Å². The minimum atomic E-state index is -3.91. The lowest BCUT2D eigenvalue weighted by Gasteiger charge is -2.29. The largest absolute Gasteiger partial charge is 0.376 e. The van der Waals surface area contributed by atoms with Crippen molar-refractivity contribution in [2.75, 3.05) is 26.4 Å². The maximum Gasteiger partial charge on any atom is 0.252 e. The predicted molar refractivity (Wildman–Crippen MR) is 124 cm³/mol. The number of pyridine rings is 1. The molecule has 0 amide bonds. The molecule has 0 bridgehead atoms. The van der Waals surface area contributed by atoms with Crippen LogP contribution in [0.25, 0.3) is 10.9 Å². The molecule has 0 saturated carbocycles. The summed E-state index contributed by atoms with van der Waals surface area (Å²) < 4.78 is 39.3. The van der Waals surface area contributed by atoms with Crippen molar-refractivity contribution in [1.82, 2.24) is 9.29 Å². The lowest BCUT2D eigenvalue weighted by atomic mass is 10.0. The van der Waals surface area contributed by atoms with E-state index in [1.54, 1.807) is 6.07 Å². The smallest absolute Gasteiger partial charge is 0.252 e. The molecule has 1 aromatic heterocycles. The molecular weight excluding hydrogens is 452 g/mol. The first-order valence-electron chi connectivity index (χ1n) is 10.3. The molecule has 3 aromatic rings. The maximum atomic E-state index is 13.5. The number of ether oxygens (including phenoxy) is 2. The van der Waals surface area contributed by atoms with Gasteiger partial charge < -0.3 is 14.5 Å². The molecule has 0 unspecified atom stereocenters. The van der Waals surface area contributed by atoms with E-state index in [-0.39, 0.29) is 23.5 Å². The summed E-state index contributed by atoms with van der Waals surface area (Å²) in [5, 5.41) is 1.29. The number of halogens is 1. The van der Waals surface area contributed by atoms with Crippen LogP contribution in [0.3, 0.4) is 0 Å². The monoisotopic (exact) mass is 476 g/mol. The lowest BCUT2D eigenvalue weighted by molar-refractivity contribution is -0.0923. The Morgan fingerprint density at radius 1 is 1.09 bits per heavy atom. The van der Waals surface area contributed by atoms with Gasteiger partial charge >= 0.3 is 0 Å². The molecule has 1 saturated heterocycles. The summed E-state index contributed by atoms with van der Waals surface area (Å²) in [7, 11) is -3.91. The highest BCUT2D eigenvalue weighted by Crippen LogP contribution is 2.23. The van der Waals surface area contributed by atoms with Gasteiger partial charge in [-0.2, -0.15) is 4.31 Å². The number of benzene rings is 2. The number of sulfonamides is 1. The highest BCUT2D eigenvalue weighted by Gasteiger charge is 2.29. The first-order valence-corrected chi connectivity index (χ1v) is 12.1. The third kappa shape index (κ3) is 4.89. The Balaban J connectivity index is 1.73. The van der Waals surface area contributed by atoms with Gasteiger partial charge in [-0.15, -0.1) is 0 Å². The predicted octanol–water partition coefficient (Wildman–Crippen LogP) is 3.40. The molecule has 1 atom stereocenters. The molecule has 4 rings (SSSR count). The highest BCUT2D eigenvalue weighted by atomic mass is 35.5. The van der Waals surface area contributed by atoms with Crippen LogP contribution in [0, 0.1) is 13.8 Å². The van der Waals surface area contributed by atoms with Crippen LogP contribution in [0.15, 0.2) is 52.2 Å². The van der Waals surface area contributed by atoms with E-state index < -0.39 is 16.1 Å². The van der Waals surface area contributed by atoms with Crippen LogP contribution in [-0.2, 0) is 26.0 Å². The van der Waals surface area contributed by atoms with Crippen molar-refractivity contribution >= 4 is 32.5 Å². The summed E-state index contributed by atoms with van der Waals surface area (Å²) in [5.41, 5.74) is 2.92. The lowest BCUT2D eigenvalue weighted by Crippen LogP contribution is -2.43. The summed E-state index contributed by atoms with van der Waals surface area (Å²) in [6.45, 7) is 5.11. The fourth-order valence-electron chi connectivity index (χ4n) is 3.70. The maximum absolute atomic E-state index is 13.5. The molecule has 0 aliphatic carbocycles. The summed E-state index contributed by atoms with van der Waals surface area (Å²) in [4.78, 5) is 15.8. The number of H-pyrrole nitrogens is 1. The fourth-order valence-corrected chi connectivity index (χ4v) is 5.28. The average molecular weight is 477 g/mol. The van der Waals surface area contributed by atoms with Gasteiger partial charge in [0.05, 0.1) is 30.8 Å². The van der Waals surface area contributed by atoms with Crippen molar-refractivity contribution in [3.05, 3.63) is 74.5 Å². The Labute approximate surface area is 192 Å². The topological polar surface area (TPSA) is 88.7 Å². The van der Waals surface area contributed by atoms with Crippen LogP contribution in [0.1, 0.15) is 16.7 Å². The second-order valence-corrected chi connectivity index (χ2v) is 10.3. The molecule has 2 aromatic carbocycles. The van der Waals surface area contributed by atoms with E-state index in [9.17, 15) is 13.2 Å². The number of hydrogen-bond acceptors (Lipinski definition) is 5.